The van der Waals surface area contributed by atoms with E-state index in [1.165, 1.54) is 0 Å². The average Bonchev–Trinajstić information content (AvgIpc) is 3.36. The highest BCUT2D eigenvalue weighted by molar-refractivity contribution is 6.06. The Morgan fingerprint density at radius 2 is 1.58 bits per heavy atom. The number of amides is 4. The Hall–Kier alpha value is -3.30. The molecule has 2 fully saturated rings. The van der Waals surface area contributed by atoms with Gasteiger partial charge in [0.1, 0.15) is 6.54 Å². The molecule has 33 heavy (non-hydrogen) atoms. The van der Waals surface area contributed by atoms with Crippen molar-refractivity contribution in [3.63, 3.8) is 0 Å². The highest BCUT2D eigenvalue weighted by Gasteiger charge is 2.33. The molecule has 176 valence electrons. The fourth-order valence-corrected chi connectivity index (χ4v) is 4.25. The zero-order chi connectivity index (χ0) is 23.9. The van der Waals surface area contributed by atoms with Crippen molar-refractivity contribution in [1.29, 1.82) is 0 Å². The number of carbonyl (C=O) groups is 4. The molecular weight excluding hydrogens is 424 g/mol. The van der Waals surface area contributed by atoms with Crippen molar-refractivity contribution >= 4 is 34.7 Å². The molecule has 2 aromatic rings. The number of nitrogens with zero attached hydrogens (tertiary/aromatic N) is 6. The van der Waals surface area contributed by atoms with Gasteiger partial charge in [0.2, 0.25) is 17.7 Å². The smallest absolute Gasteiger partial charge is 0.254 e. The first-order valence-electron chi connectivity index (χ1n) is 11.5. The van der Waals surface area contributed by atoms with Crippen LogP contribution in [0.1, 0.15) is 68.5 Å². The molecule has 2 aliphatic rings. The number of hydrogen-bond donors (Lipinski definition) is 0. The summed E-state index contributed by atoms with van der Waals surface area (Å²) in [5.74, 6) is -0.817. The van der Waals surface area contributed by atoms with Crippen molar-refractivity contribution in [2.45, 2.75) is 52.5 Å². The predicted molar refractivity (Wildman–Crippen MR) is 120 cm³/mol. The van der Waals surface area contributed by atoms with Crippen molar-refractivity contribution in [2.75, 3.05) is 32.7 Å². The summed E-state index contributed by atoms with van der Waals surface area (Å²) in [5.41, 5.74) is 2.11. The van der Waals surface area contributed by atoms with Gasteiger partial charge in [-0.05, 0) is 25.8 Å². The Balaban J connectivity index is 1.49. The molecule has 10 heteroatoms. The zero-order valence-corrected chi connectivity index (χ0v) is 19.6. The third-order valence-electron chi connectivity index (χ3n) is 6.27. The molecule has 0 atom stereocenters. The summed E-state index contributed by atoms with van der Waals surface area (Å²) in [7, 11) is 0. The number of likely N-dealkylation sites (tertiary alicyclic amines) is 1. The van der Waals surface area contributed by atoms with Gasteiger partial charge in [0, 0.05) is 50.8 Å². The standard InChI is InChI=1S/C23H30N6O4/c1-14(2)18-11-16(17-12-24-29(15(3)4)22(17)25-18)23(33)27-9-7-26(8-10-27)21(32)13-28-19(30)5-6-20(28)31/h11-12,14-15H,5-10,13H2,1-4H3. The number of carbonyl (C=O) groups excluding carboxylic acids is 4. The lowest BCUT2D eigenvalue weighted by Gasteiger charge is -2.35. The van der Waals surface area contributed by atoms with E-state index in [0.717, 1.165) is 16.0 Å². The van der Waals surface area contributed by atoms with E-state index in [-0.39, 0.29) is 55.0 Å². The van der Waals surface area contributed by atoms with Gasteiger partial charge in [0.25, 0.3) is 5.91 Å². The Bertz CT molecular complexity index is 1100. The van der Waals surface area contributed by atoms with E-state index in [4.69, 9.17) is 4.98 Å². The van der Waals surface area contributed by atoms with Gasteiger partial charge in [0.15, 0.2) is 5.65 Å². The van der Waals surface area contributed by atoms with E-state index in [1.807, 2.05) is 38.4 Å². The minimum absolute atomic E-state index is 0.107. The first-order valence-corrected chi connectivity index (χ1v) is 11.5. The summed E-state index contributed by atoms with van der Waals surface area (Å²) in [6, 6.07) is 1.97. The number of aromatic nitrogens is 3. The van der Waals surface area contributed by atoms with Crippen LogP contribution in [0.2, 0.25) is 0 Å². The van der Waals surface area contributed by atoms with Gasteiger partial charge >= 0.3 is 0 Å². The lowest BCUT2D eigenvalue weighted by atomic mass is 10.0. The Labute approximate surface area is 192 Å². The number of imide groups is 1. The largest absolute Gasteiger partial charge is 0.338 e. The topological polar surface area (TPSA) is 109 Å². The fraction of sp³-hybridized carbons (Fsp3) is 0.565. The molecule has 0 unspecified atom stereocenters. The highest BCUT2D eigenvalue weighted by Crippen LogP contribution is 2.26. The van der Waals surface area contributed by atoms with Gasteiger partial charge in [0.05, 0.1) is 17.1 Å². The third-order valence-corrected chi connectivity index (χ3v) is 6.27. The highest BCUT2D eigenvalue weighted by atomic mass is 16.2. The minimum atomic E-state index is -0.299. The van der Waals surface area contributed by atoms with Crippen LogP contribution in [0.3, 0.4) is 0 Å². The van der Waals surface area contributed by atoms with Crippen LogP contribution in [0, 0.1) is 0 Å². The maximum absolute atomic E-state index is 13.5. The van der Waals surface area contributed by atoms with Crippen molar-refractivity contribution in [3.05, 3.63) is 23.5 Å². The van der Waals surface area contributed by atoms with Crippen LogP contribution in [-0.2, 0) is 14.4 Å². The number of fused-ring (bicyclic) bond motifs is 1. The molecule has 2 aliphatic heterocycles. The van der Waals surface area contributed by atoms with Crippen LogP contribution in [0.4, 0.5) is 0 Å². The second kappa shape index (κ2) is 8.92. The van der Waals surface area contributed by atoms with Crippen molar-refractivity contribution < 1.29 is 19.2 Å². The van der Waals surface area contributed by atoms with Crippen LogP contribution in [0.25, 0.3) is 11.0 Å². The first-order chi connectivity index (χ1) is 15.7. The molecule has 0 saturated carbocycles. The summed E-state index contributed by atoms with van der Waals surface area (Å²) < 4.78 is 1.83. The lowest BCUT2D eigenvalue weighted by Crippen LogP contribution is -2.53. The number of hydrogen-bond acceptors (Lipinski definition) is 6. The van der Waals surface area contributed by atoms with Crippen LogP contribution >= 0.6 is 0 Å². The van der Waals surface area contributed by atoms with Crippen LogP contribution < -0.4 is 0 Å². The van der Waals surface area contributed by atoms with Crippen LogP contribution in [-0.4, -0.2) is 85.8 Å². The molecule has 4 heterocycles. The first kappa shape index (κ1) is 22.9. The number of rotatable bonds is 5. The monoisotopic (exact) mass is 454 g/mol. The van der Waals surface area contributed by atoms with Gasteiger partial charge in [-0.3, -0.25) is 24.1 Å². The molecule has 2 aromatic heterocycles. The summed E-state index contributed by atoms with van der Waals surface area (Å²) in [4.78, 5) is 58.8. The second-order valence-electron chi connectivity index (χ2n) is 9.22. The van der Waals surface area contributed by atoms with Crippen molar-refractivity contribution in [3.8, 4) is 0 Å². The SMILES string of the molecule is CC(C)c1cc(C(=O)N2CCN(C(=O)CN3C(=O)CCC3=O)CC2)c2cnn(C(C)C)c2n1. The van der Waals surface area contributed by atoms with E-state index in [9.17, 15) is 19.2 Å². The lowest BCUT2D eigenvalue weighted by molar-refractivity contribution is -0.146. The fourth-order valence-electron chi connectivity index (χ4n) is 4.25. The molecule has 0 radical (unpaired) electrons. The quantitative estimate of drug-likeness (QED) is 0.635. The second-order valence-corrected chi connectivity index (χ2v) is 9.22. The van der Waals surface area contributed by atoms with Gasteiger partial charge in [-0.15, -0.1) is 0 Å². The van der Waals surface area contributed by atoms with Gasteiger partial charge in [-0.1, -0.05) is 13.8 Å². The van der Waals surface area contributed by atoms with E-state index in [1.54, 1.807) is 16.0 Å². The molecular formula is C23H30N6O4. The van der Waals surface area contributed by atoms with Crippen molar-refractivity contribution in [1.82, 2.24) is 29.5 Å². The third kappa shape index (κ3) is 4.34. The number of pyridine rings is 1. The zero-order valence-electron chi connectivity index (χ0n) is 19.6. The summed E-state index contributed by atoms with van der Waals surface area (Å²) in [5, 5.41) is 5.18. The Kier molecular flexibility index (Phi) is 6.18. The molecule has 0 N–H and O–H groups in total. The van der Waals surface area contributed by atoms with E-state index in [2.05, 4.69) is 5.10 Å². The molecule has 0 bridgehead atoms. The van der Waals surface area contributed by atoms with Gasteiger partial charge in [-0.2, -0.15) is 5.10 Å². The molecule has 0 aromatic carbocycles. The molecule has 0 spiro atoms. The van der Waals surface area contributed by atoms with Crippen molar-refractivity contribution in [2.24, 2.45) is 0 Å². The number of piperazine rings is 1. The van der Waals surface area contributed by atoms with Crippen LogP contribution in [0.15, 0.2) is 12.3 Å². The van der Waals surface area contributed by atoms with E-state index < -0.39 is 0 Å². The maximum atomic E-state index is 13.5. The summed E-state index contributed by atoms with van der Waals surface area (Å²) >= 11 is 0. The van der Waals surface area contributed by atoms with Gasteiger partial charge in [-0.25, -0.2) is 9.67 Å². The molecule has 2 saturated heterocycles. The van der Waals surface area contributed by atoms with Crippen LogP contribution in [0.5, 0.6) is 0 Å². The molecule has 4 rings (SSSR count). The van der Waals surface area contributed by atoms with E-state index >= 15 is 0 Å². The normalized spacial score (nSPS) is 17.2. The average molecular weight is 455 g/mol. The van der Waals surface area contributed by atoms with E-state index in [0.29, 0.717) is 37.4 Å². The molecule has 10 nitrogen and oxygen atoms in total. The van der Waals surface area contributed by atoms with Gasteiger partial charge < -0.3 is 9.80 Å². The summed E-state index contributed by atoms with van der Waals surface area (Å²) in [6.45, 7) is 9.39. The maximum Gasteiger partial charge on any atom is 0.254 e. The Morgan fingerprint density at radius 1 is 0.970 bits per heavy atom. The predicted octanol–water partition coefficient (Wildman–Crippen LogP) is 1.57. The minimum Gasteiger partial charge on any atom is -0.338 e. The summed E-state index contributed by atoms with van der Waals surface area (Å²) in [6.07, 6.45) is 2.03. The molecule has 0 aliphatic carbocycles. The Morgan fingerprint density at radius 3 is 2.15 bits per heavy atom. The molecule has 4 amide bonds.